The molecule has 0 radical (unpaired) electrons. The largest absolute Gasteiger partial charge is 0.442 e. The normalized spacial score (nSPS) is 20.5. The molecule has 1 fully saturated rings. The molecule has 21 heavy (non-hydrogen) atoms. The Kier molecular flexibility index (Phi) is 5.12. The van der Waals surface area contributed by atoms with Crippen LogP contribution >= 0.6 is 11.6 Å². The molecule has 0 unspecified atom stereocenters. The number of nitrogens with two attached hydrogens (primary N) is 1. The van der Waals surface area contributed by atoms with Crippen LogP contribution in [0.2, 0.25) is 5.02 Å². The molecular weight excluding hydrogens is 290 g/mol. The lowest BCUT2D eigenvalue weighted by molar-refractivity contribution is -0.0625. The van der Waals surface area contributed by atoms with Gasteiger partial charge in [-0.25, -0.2) is 4.79 Å². The topological polar surface area (TPSA) is 72.6 Å². The number of hydrogen-bond acceptors (Lipinski definition) is 3. The highest BCUT2D eigenvalue weighted by atomic mass is 35.5. The summed E-state index contributed by atoms with van der Waals surface area (Å²) < 4.78 is 5.53. The second-order valence-electron chi connectivity index (χ2n) is 5.79. The molecule has 2 rings (SSSR count). The summed E-state index contributed by atoms with van der Waals surface area (Å²) in [6.45, 7) is 1.70. The van der Waals surface area contributed by atoms with Gasteiger partial charge in [-0.2, -0.15) is 0 Å². The lowest BCUT2D eigenvalue weighted by atomic mass is 9.70. The monoisotopic (exact) mass is 311 g/mol. The van der Waals surface area contributed by atoms with Gasteiger partial charge in [-0.05, 0) is 44.2 Å². The first kappa shape index (κ1) is 16.1. The molecule has 0 heterocycles. The molecule has 1 aliphatic rings. The van der Waals surface area contributed by atoms with Crippen LogP contribution in [0.4, 0.5) is 4.79 Å². The molecule has 5 heteroatoms. The van der Waals surface area contributed by atoms with Gasteiger partial charge in [0.15, 0.2) is 0 Å². The van der Waals surface area contributed by atoms with E-state index in [1.807, 2.05) is 18.2 Å². The summed E-state index contributed by atoms with van der Waals surface area (Å²) in [5.41, 5.74) is 5.32. The molecule has 1 aromatic carbocycles. The van der Waals surface area contributed by atoms with E-state index in [0.29, 0.717) is 17.9 Å². The fourth-order valence-corrected chi connectivity index (χ4v) is 3.79. The summed E-state index contributed by atoms with van der Waals surface area (Å²) in [5.74, 6) is -0.376. The van der Waals surface area contributed by atoms with Crippen molar-refractivity contribution in [3.05, 3.63) is 34.9 Å². The van der Waals surface area contributed by atoms with Gasteiger partial charge in [-0.1, -0.05) is 36.2 Å². The van der Waals surface area contributed by atoms with Crippen LogP contribution in [0.15, 0.2) is 24.3 Å². The van der Waals surface area contributed by atoms with Crippen molar-refractivity contribution in [2.75, 3.05) is 0 Å². The third kappa shape index (κ3) is 3.50. The lowest BCUT2D eigenvalue weighted by Crippen LogP contribution is -2.48. The van der Waals surface area contributed by atoms with E-state index in [1.54, 1.807) is 13.0 Å². The van der Waals surface area contributed by atoms with Crippen molar-refractivity contribution in [3.63, 3.8) is 0 Å². The zero-order valence-corrected chi connectivity index (χ0v) is 13.0. The molecule has 0 bridgehead atoms. The van der Waals surface area contributed by atoms with Gasteiger partial charge in [0.2, 0.25) is 0 Å². The van der Waals surface area contributed by atoms with Gasteiger partial charge in [-0.15, -0.1) is 0 Å². The molecular formula is C16H22ClNO3. The molecule has 116 valence electrons. The third-order valence-corrected chi connectivity index (χ3v) is 4.64. The minimum atomic E-state index is -0.797. The molecule has 1 aliphatic carbocycles. The van der Waals surface area contributed by atoms with E-state index < -0.39 is 17.8 Å². The summed E-state index contributed by atoms with van der Waals surface area (Å²) in [6, 6.07) is 7.37. The molecule has 0 saturated heterocycles. The maximum atomic E-state index is 11.4. The number of halogens is 1. The molecule has 3 N–H and O–H groups in total. The number of hydrogen-bond donors (Lipinski definition) is 2. The average Bonchev–Trinajstić information content (AvgIpc) is 2.41. The molecule has 0 aliphatic heterocycles. The van der Waals surface area contributed by atoms with Crippen LogP contribution in [0.25, 0.3) is 0 Å². The number of carbonyl (C=O) groups excluding carboxylic acids is 1. The quantitative estimate of drug-likeness (QED) is 0.892. The Morgan fingerprint density at radius 3 is 2.48 bits per heavy atom. The van der Waals surface area contributed by atoms with Crippen LogP contribution in [0.3, 0.4) is 0 Å². The van der Waals surface area contributed by atoms with Crippen LogP contribution in [0, 0.1) is 0 Å². The molecule has 1 amide bonds. The molecule has 1 saturated carbocycles. The predicted molar refractivity (Wildman–Crippen MR) is 82.4 cm³/mol. The van der Waals surface area contributed by atoms with Crippen LogP contribution in [-0.2, 0) is 4.74 Å². The number of benzene rings is 1. The minimum Gasteiger partial charge on any atom is -0.442 e. The van der Waals surface area contributed by atoms with E-state index >= 15 is 0 Å². The van der Waals surface area contributed by atoms with Gasteiger partial charge in [0, 0.05) is 5.02 Å². The molecule has 0 spiro atoms. The highest BCUT2D eigenvalue weighted by Gasteiger charge is 2.46. The first-order chi connectivity index (χ1) is 9.96. The fourth-order valence-electron chi connectivity index (χ4n) is 3.54. The van der Waals surface area contributed by atoms with E-state index in [4.69, 9.17) is 22.1 Å². The zero-order chi connectivity index (χ0) is 15.5. The Balaban J connectivity index is 2.46. The SMILES string of the molecule is C[C@H](O)[C@H](c1ccccc1Cl)C1(OC(N)=O)CCCCC1. The number of ether oxygens (including phenoxy) is 1. The second kappa shape index (κ2) is 6.67. The summed E-state index contributed by atoms with van der Waals surface area (Å²) in [6.07, 6.45) is 2.88. The standard InChI is InChI=1S/C16H22ClNO3/c1-11(19)14(12-7-3-4-8-13(12)17)16(21-15(18)20)9-5-2-6-10-16/h3-4,7-8,11,14,19H,2,5-6,9-10H2,1H3,(H2,18,20)/t11-,14+/m0/s1. The maximum Gasteiger partial charge on any atom is 0.405 e. The Labute approximate surface area is 130 Å². The van der Waals surface area contributed by atoms with Crippen molar-refractivity contribution in [1.29, 1.82) is 0 Å². The molecule has 2 atom stereocenters. The van der Waals surface area contributed by atoms with Crippen LogP contribution < -0.4 is 5.73 Å². The first-order valence-corrected chi connectivity index (χ1v) is 7.75. The van der Waals surface area contributed by atoms with E-state index in [9.17, 15) is 9.90 Å². The van der Waals surface area contributed by atoms with Gasteiger partial charge >= 0.3 is 6.09 Å². The fraction of sp³-hybridized carbons (Fsp3) is 0.562. The minimum absolute atomic E-state index is 0.376. The van der Waals surface area contributed by atoms with E-state index in [1.165, 1.54) is 0 Å². The highest BCUT2D eigenvalue weighted by molar-refractivity contribution is 6.31. The number of carbonyl (C=O) groups is 1. The Morgan fingerprint density at radius 1 is 1.33 bits per heavy atom. The van der Waals surface area contributed by atoms with Crippen molar-refractivity contribution in [2.45, 2.75) is 56.7 Å². The first-order valence-electron chi connectivity index (χ1n) is 7.37. The van der Waals surface area contributed by atoms with Crippen molar-refractivity contribution < 1.29 is 14.6 Å². The summed E-state index contributed by atoms with van der Waals surface area (Å²) in [7, 11) is 0. The van der Waals surface area contributed by atoms with Crippen LogP contribution in [-0.4, -0.2) is 22.9 Å². The van der Waals surface area contributed by atoms with Crippen molar-refractivity contribution >= 4 is 17.7 Å². The molecule has 1 aromatic rings. The van der Waals surface area contributed by atoms with E-state index in [2.05, 4.69) is 0 Å². The van der Waals surface area contributed by atoms with Crippen LogP contribution in [0.1, 0.15) is 50.5 Å². The number of aliphatic hydroxyl groups is 1. The molecule has 0 aromatic heterocycles. The number of aliphatic hydroxyl groups excluding tert-OH is 1. The zero-order valence-electron chi connectivity index (χ0n) is 12.2. The highest BCUT2D eigenvalue weighted by Crippen LogP contribution is 2.46. The number of rotatable bonds is 4. The number of primary amides is 1. The predicted octanol–water partition coefficient (Wildman–Crippen LogP) is 3.60. The van der Waals surface area contributed by atoms with Gasteiger partial charge in [0.25, 0.3) is 0 Å². The smallest absolute Gasteiger partial charge is 0.405 e. The van der Waals surface area contributed by atoms with Gasteiger partial charge < -0.3 is 15.6 Å². The van der Waals surface area contributed by atoms with Crippen molar-refractivity contribution in [3.8, 4) is 0 Å². The average molecular weight is 312 g/mol. The Hall–Kier alpha value is -1.26. The third-order valence-electron chi connectivity index (χ3n) is 4.29. The summed E-state index contributed by atoms with van der Waals surface area (Å²) in [4.78, 5) is 11.4. The van der Waals surface area contributed by atoms with E-state index in [-0.39, 0.29) is 5.92 Å². The second-order valence-corrected chi connectivity index (χ2v) is 6.19. The van der Waals surface area contributed by atoms with Gasteiger partial charge in [0.05, 0.1) is 12.0 Å². The molecule has 4 nitrogen and oxygen atoms in total. The summed E-state index contributed by atoms with van der Waals surface area (Å²) >= 11 is 6.30. The summed E-state index contributed by atoms with van der Waals surface area (Å²) in [5, 5.41) is 10.9. The van der Waals surface area contributed by atoms with Crippen molar-refractivity contribution in [2.24, 2.45) is 5.73 Å². The Morgan fingerprint density at radius 2 is 1.95 bits per heavy atom. The maximum absolute atomic E-state index is 11.4. The lowest BCUT2D eigenvalue weighted by Gasteiger charge is -2.44. The van der Waals surface area contributed by atoms with Crippen molar-refractivity contribution in [1.82, 2.24) is 0 Å². The van der Waals surface area contributed by atoms with Crippen LogP contribution in [0.5, 0.6) is 0 Å². The van der Waals surface area contributed by atoms with E-state index in [0.717, 1.165) is 24.8 Å². The van der Waals surface area contributed by atoms with Gasteiger partial charge in [-0.3, -0.25) is 0 Å². The van der Waals surface area contributed by atoms with Gasteiger partial charge in [0.1, 0.15) is 5.60 Å². The Bertz CT molecular complexity index is 498. The number of amides is 1.